The Balaban J connectivity index is 1.18. The maximum absolute atomic E-state index is 14.3. The van der Waals surface area contributed by atoms with Gasteiger partial charge in [-0.1, -0.05) is 12.2 Å². The number of fused-ring (bicyclic) bond motifs is 2. The van der Waals surface area contributed by atoms with Crippen molar-refractivity contribution in [3.05, 3.63) is 46.4 Å². The Bertz CT molecular complexity index is 2200. The number of urea groups is 1. The first-order chi connectivity index (χ1) is 26.0. The number of carbonyl (C=O) groups excluding carboxylic acids is 3. The Kier molecular flexibility index (Phi) is 10.2. The average molecular weight is 818 g/mol. The number of sulfonamides is 1. The lowest BCUT2D eigenvalue weighted by molar-refractivity contribution is -0.140. The summed E-state index contributed by atoms with van der Waals surface area (Å²) in [5.41, 5.74) is -1.89. The highest BCUT2D eigenvalue weighted by Gasteiger charge is 2.63. The van der Waals surface area contributed by atoms with Crippen molar-refractivity contribution in [3.8, 4) is 39.5 Å². The fraction of sp³-hybridized carbons (Fsp3) is 0.500. The van der Waals surface area contributed by atoms with Crippen LogP contribution >= 0.6 is 22.7 Å². The Morgan fingerprint density at radius 3 is 2.45 bits per heavy atom. The number of likely N-dealkylation sites (N-methyl/N-ethyl adjacent to an activating group) is 1. The van der Waals surface area contributed by atoms with Gasteiger partial charge in [0.25, 0.3) is 5.91 Å². The number of thiazole rings is 2. The molecular weight excluding hydrogens is 780 g/mol. The quantitative estimate of drug-likeness (QED) is 0.241. The highest BCUT2D eigenvalue weighted by atomic mass is 32.2. The fourth-order valence-electron chi connectivity index (χ4n) is 6.74. The highest BCUT2D eigenvalue weighted by Crippen LogP contribution is 2.47. The molecule has 7 rings (SSSR count). The van der Waals surface area contributed by atoms with E-state index in [-0.39, 0.29) is 47.4 Å². The van der Waals surface area contributed by atoms with Crippen LogP contribution in [0.3, 0.4) is 0 Å². The van der Waals surface area contributed by atoms with Crippen LogP contribution < -0.4 is 14.8 Å². The van der Waals surface area contributed by atoms with Gasteiger partial charge in [-0.15, -0.1) is 29.1 Å². The molecule has 0 aromatic carbocycles. The smallest absolute Gasteiger partial charge is 0.434 e. The van der Waals surface area contributed by atoms with Crippen molar-refractivity contribution in [2.75, 3.05) is 20.1 Å². The first-order valence-electron chi connectivity index (χ1n) is 17.7. The molecule has 2 aliphatic heterocycles. The molecule has 3 aromatic heterocycles. The van der Waals surface area contributed by atoms with Gasteiger partial charge in [0.05, 0.1) is 11.3 Å². The molecular formula is C36H38F3N7O6S3. The van der Waals surface area contributed by atoms with Crippen molar-refractivity contribution in [1.29, 1.82) is 0 Å². The molecule has 292 valence electrons. The molecule has 2 saturated carbocycles. The summed E-state index contributed by atoms with van der Waals surface area (Å²) in [6.07, 6.45) is 7.59. The van der Waals surface area contributed by atoms with E-state index in [9.17, 15) is 36.0 Å². The molecule has 2 aliphatic carbocycles. The van der Waals surface area contributed by atoms with E-state index >= 15 is 0 Å². The molecule has 55 heavy (non-hydrogen) atoms. The zero-order valence-electron chi connectivity index (χ0n) is 29.9. The lowest BCUT2D eigenvalue weighted by atomic mass is 9.98. The number of nitrogens with one attached hydrogen (secondary N) is 2. The number of pyridine rings is 1. The molecule has 0 radical (unpaired) electrons. The van der Waals surface area contributed by atoms with Gasteiger partial charge >= 0.3 is 12.2 Å². The van der Waals surface area contributed by atoms with Gasteiger partial charge in [0.2, 0.25) is 15.9 Å². The third-order valence-electron chi connectivity index (χ3n) is 10.5. The van der Waals surface area contributed by atoms with Crippen molar-refractivity contribution in [2.45, 2.75) is 86.9 Å². The number of hydrogen-bond acceptors (Lipinski definition) is 11. The van der Waals surface area contributed by atoms with Crippen LogP contribution in [0.2, 0.25) is 0 Å². The molecule has 2 N–H and O–H groups in total. The second kappa shape index (κ2) is 14.5. The van der Waals surface area contributed by atoms with E-state index in [1.165, 1.54) is 22.3 Å². The minimum atomic E-state index is -4.66. The number of nitrogens with zero attached hydrogens (tertiary/aromatic N) is 5. The summed E-state index contributed by atoms with van der Waals surface area (Å²) in [6, 6.07) is 1.37. The van der Waals surface area contributed by atoms with Crippen LogP contribution in [0.4, 0.5) is 18.0 Å². The molecule has 5 heterocycles. The van der Waals surface area contributed by atoms with Crippen LogP contribution in [0.1, 0.15) is 69.7 Å². The van der Waals surface area contributed by atoms with Gasteiger partial charge < -0.3 is 19.9 Å². The maximum atomic E-state index is 14.3. The minimum absolute atomic E-state index is 0.00596. The van der Waals surface area contributed by atoms with Gasteiger partial charge in [-0.2, -0.15) is 13.2 Å². The first kappa shape index (κ1) is 38.7. The summed E-state index contributed by atoms with van der Waals surface area (Å²) in [6.45, 7) is 1.93. The number of piperidine rings is 1. The average Bonchev–Trinajstić information content (AvgIpc) is 3.87. The molecule has 3 fully saturated rings. The molecule has 1 saturated heterocycles. The zero-order chi connectivity index (χ0) is 39.3. The van der Waals surface area contributed by atoms with E-state index in [0.29, 0.717) is 49.4 Å². The van der Waals surface area contributed by atoms with Gasteiger partial charge in [-0.3, -0.25) is 14.3 Å². The van der Waals surface area contributed by atoms with Crippen molar-refractivity contribution in [2.24, 2.45) is 5.92 Å². The van der Waals surface area contributed by atoms with Crippen LogP contribution in [0.5, 0.6) is 5.75 Å². The molecule has 13 nitrogen and oxygen atoms in total. The second-order valence-electron chi connectivity index (χ2n) is 14.6. The predicted molar refractivity (Wildman–Crippen MR) is 198 cm³/mol. The Morgan fingerprint density at radius 2 is 1.80 bits per heavy atom. The normalized spacial score (nSPS) is 26.1. The van der Waals surface area contributed by atoms with Gasteiger partial charge in [-0.25, -0.2) is 28.2 Å². The molecule has 4 aliphatic rings. The SMILES string of the molecule is C#Cc1csc(-c2cc(O[C@H]3CC[C@H]4C(=O)N(C)CCCC/C=C/[C@H]5C[C@]5(C(=O)NS(=O)(=O)C5(C)CC5)NC(=O)N4C3)cc(-c3nc(C(F)(F)F)cs3)n2)n1. The van der Waals surface area contributed by atoms with Gasteiger partial charge in [0.15, 0.2) is 5.69 Å². The van der Waals surface area contributed by atoms with Crippen LogP contribution in [0.15, 0.2) is 35.0 Å². The van der Waals surface area contributed by atoms with Gasteiger partial charge in [0, 0.05) is 42.4 Å². The van der Waals surface area contributed by atoms with Crippen molar-refractivity contribution < 1.29 is 40.7 Å². The molecule has 4 atom stereocenters. The number of halogens is 3. The molecule has 3 aromatic rings. The van der Waals surface area contributed by atoms with Gasteiger partial charge in [-0.05, 0) is 64.2 Å². The summed E-state index contributed by atoms with van der Waals surface area (Å²) >= 11 is 1.96. The third-order valence-corrected chi connectivity index (χ3v) is 14.4. The number of carbonyl (C=O) groups is 3. The van der Waals surface area contributed by atoms with E-state index in [0.717, 1.165) is 23.1 Å². The standard InChI is InChI=1S/C36H38F3N7O6S3/c1-4-22-19-53-29(40-22)25-15-24(16-26(41-25)30-42-28(20-54-30)36(37,38)39)52-23-10-11-27-31(47)45(3)14-8-6-5-7-9-21-17-35(21,43-33(49)46(27)18-23)32(48)44-55(50,51)34(2)12-13-34/h1,7,9,15-16,19-21,23,27H,5-6,8,10-14,17-18H2,2-3H3,(H,43,49)(H,44,48)/b9-7+/t21-,23-,27-,35-/m0/s1. The first-order valence-corrected chi connectivity index (χ1v) is 21.0. The summed E-state index contributed by atoms with van der Waals surface area (Å²) in [4.78, 5) is 57.4. The summed E-state index contributed by atoms with van der Waals surface area (Å²) < 4.78 is 74.1. The molecule has 19 heteroatoms. The van der Waals surface area contributed by atoms with Crippen molar-refractivity contribution in [1.82, 2.24) is 34.8 Å². The Hall–Kier alpha value is -4.54. The van der Waals surface area contributed by atoms with Crippen molar-refractivity contribution in [3.63, 3.8) is 0 Å². The lowest BCUT2D eigenvalue weighted by Gasteiger charge is -2.40. The number of terminal acetylenes is 1. The third kappa shape index (κ3) is 7.94. The highest BCUT2D eigenvalue weighted by molar-refractivity contribution is 7.91. The van der Waals surface area contributed by atoms with Gasteiger partial charge in [0.1, 0.15) is 50.5 Å². The maximum Gasteiger partial charge on any atom is 0.434 e. The molecule has 0 spiro atoms. The minimum Gasteiger partial charge on any atom is -0.488 e. The number of alkyl halides is 3. The van der Waals surface area contributed by atoms with Crippen LogP contribution in [0, 0.1) is 18.3 Å². The van der Waals surface area contributed by atoms with E-state index in [4.69, 9.17) is 11.2 Å². The Labute approximate surface area is 323 Å². The number of aromatic nitrogens is 3. The predicted octanol–water partition coefficient (Wildman–Crippen LogP) is 5.21. The van der Waals surface area contributed by atoms with E-state index in [1.54, 1.807) is 30.3 Å². The number of allylic oxidation sites excluding steroid dienone is 1. The topological polar surface area (TPSA) is 164 Å². The number of ether oxygens (including phenoxy) is 1. The van der Waals surface area contributed by atoms with Crippen LogP contribution in [-0.2, 0) is 25.8 Å². The fourth-order valence-corrected chi connectivity index (χ4v) is 9.56. The van der Waals surface area contributed by atoms with E-state index < -0.39 is 62.2 Å². The number of hydrogen-bond donors (Lipinski definition) is 2. The monoisotopic (exact) mass is 817 g/mol. The summed E-state index contributed by atoms with van der Waals surface area (Å²) in [5.74, 6) is 1.06. The molecule has 0 unspecified atom stereocenters. The lowest BCUT2D eigenvalue weighted by Crippen LogP contribution is -2.62. The molecule has 4 amide bonds. The largest absolute Gasteiger partial charge is 0.488 e. The summed E-state index contributed by atoms with van der Waals surface area (Å²) in [5, 5.41) is 5.74. The van der Waals surface area contributed by atoms with Crippen LogP contribution in [0.25, 0.3) is 21.4 Å². The van der Waals surface area contributed by atoms with Crippen LogP contribution in [-0.4, -0.2) is 93.6 Å². The Morgan fingerprint density at radius 1 is 1.09 bits per heavy atom. The van der Waals surface area contributed by atoms with E-state index in [1.807, 2.05) is 12.2 Å². The van der Waals surface area contributed by atoms with E-state index in [2.05, 4.69) is 30.9 Å². The summed E-state index contributed by atoms with van der Waals surface area (Å²) in [7, 11) is -2.34. The second-order valence-corrected chi connectivity index (χ2v) is 18.5. The number of rotatable bonds is 7. The number of amides is 4. The van der Waals surface area contributed by atoms with Crippen molar-refractivity contribution >= 4 is 50.5 Å². The molecule has 0 bridgehead atoms. The zero-order valence-corrected chi connectivity index (χ0v) is 32.3.